The Balaban J connectivity index is 2.62. The van der Waals surface area contributed by atoms with Crippen LogP contribution >= 0.6 is 0 Å². The monoisotopic (exact) mass is 210 g/mol. The third-order valence-corrected chi connectivity index (χ3v) is 2.05. The fraction of sp³-hybridized carbons (Fsp3) is 0.500. The van der Waals surface area contributed by atoms with Crippen molar-refractivity contribution < 1.29 is 14.2 Å². The zero-order chi connectivity index (χ0) is 11.1. The topological polar surface area (TPSA) is 27.7 Å². The molecule has 0 heterocycles. The smallest absolute Gasteiger partial charge is 0.183 e. The van der Waals surface area contributed by atoms with Gasteiger partial charge in [-0.25, -0.2) is 0 Å². The maximum atomic E-state index is 5.48. The molecule has 0 amide bonds. The summed E-state index contributed by atoms with van der Waals surface area (Å²) in [5.74, 6) is 0.881. The minimum atomic E-state index is -0.301. The molecule has 1 rings (SSSR count). The lowest BCUT2D eigenvalue weighted by Crippen LogP contribution is -2.03. The van der Waals surface area contributed by atoms with Gasteiger partial charge >= 0.3 is 0 Å². The third kappa shape index (κ3) is 3.53. The maximum absolute atomic E-state index is 5.48. The second-order valence-corrected chi connectivity index (χ2v) is 3.22. The van der Waals surface area contributed by atoms with Gasteiger partial charge in [0.05, 0.1) is 6.61 Å². The molecular formula is C12H18O3. The first-order chi connectivity index (χ1) is 7.31. The SMILES string of the molecule is CCCOc1ccc(C(OC)OC)cc1. The molecule has 0 fully saturated rings. The van der Waals surface area contributed by atoms with Crippen LogP contribution in [0, 0.1) is 0 Å². The van der Waals surface area contributed by atoms with Crippen molar-refractivity contribution in [3.05, 3.63) is 29.8 Å². The van der Waals surface area contributed by atoms with Crippen LogP contribution in [0.25, 0.3) is 0 Å². The van der Waals surface area contributed by atoms with E-state index in [2.05, 4.69) is 6.92 Å². The molecule has 0 aromatic heterocycles. The number of rotatable bonds is 6. The Kier molecular flexibility index (Phi) is 5.15. The summed E-state index contributed by atoms with van der Waals surface area (Å²) in [5.41, 5.74) is 0.990. The number of hydrogen-bond donors (Lipinski definition) is 0. The van der Waals surface area contributed by atoms with Crippen LogP contribution in [0.4, 0.5) is 0 Å². The lowest BCUT2D eigenvalue weighted by atomic mass is 10.2. The third-order valence-electron chi connectivity index (χ3n) is 2.05. The van der Waals surface area contributed by atoms with E-state index in [9.17, 15) is 0 Å². The molecule has 0 radical (unpaired) electrons. The minimum Gasteiger partial charge on any atom is -0.494 e. The molecule has 15 heavy (non-hydrogen) atoms. The lowest BCUT2D eigenvalue weighted by Gasteiger charge is -2.14. The van der Waals surface area contributed by atoms with E-state index in [0.717, 1.165) is 24.3 Å². The van der Waals surface area contributed by atoms with Gasteiger partial charge in [-0.15, -0.1) is 0 Å². The van der Waals surface area contributed by atoms with E-state index in [4.69, 9.17) is 14.2 Å². The Hall–Kier alpha value is -1.06. The summed E-state index contributed by atoms with van der Waals surface area (Å²) in [7, 11) is 3.24. The highest BCUT2D eigenvalue weighted by Gasteiger charge is 2.07. The maximum Gasteiger partial charge on any atom is 0.183 e. The van der Waals surface area contributed by atoms with E-state index in [-0.39, 0.29) is 6.29 Å². The van der Waals surface area contributed by atoms with Crippen LogP contribution in [0.3, 0.4) is 0 Å². The van der Waals surface area contributed by atoms with Crippen molar-refractivity contribution >= 4 is 0 Å². The van der Waals surface area contributed by atoms with Crippen LogP contribution in [0.15, 0.2) is 24.3 Å². The molecule has 1 aromatic rings. The van der Waals surface area contributed by atoms with Crippen LogP contribution in [-0.2, 0) is 9.47 Å². The molecule has 84 valence electrons. The van der Waals surface area contributed by atoms with Crippen LogP contribution in [-0.4, -0.2) is 20.8 Å². The minimum absolute atomic E-state index is 0.301. The van der Waals surface area contributed by atoms with Gasteiger partial charge in [-0.1, -0.05) is 19.1 Å². The standard InChI is InChI=1S/C12H18O3/c1-4-9-15-11-7-5-10(6-8-11)12(13-2)14-3/h5-8,12H,4,9H2,1-3H3. The van der Waals surface area contributed by atoms with Crippen LogP contribution < -0.4 is 4.74 Å². The molecular weight excluding hydrogens is 192 g/mol. The summed E-state index contributed by atoms with van der Waals surface area (Å²) in [6, 6.07) is 7.75. The summed E-state index contributed by atoms with van der Waals surface area (Å²) < 4.78 is 15.8. The Bertz CT molecular complexity index is 265. The quantitative estimate of drug-likeness (QED) is 0.676. The molecule has 1 aromatic carbocycles. The molecule has 0 aliphatic carbocycles. The summed E-state index contributed by atoms with van der Waals surface area (Å²) in [4.78, 5) is 0. The molecule has 0 aliphatic rings. The van der Waals surface area contributed by atoms with Crippen molar-refractivity contribution in [1.29, 1.82) is 0 Å². The van der Waals surface area contributed by atoms with Crippen LogP contribution in [0.1, 0.15) is 25.2 Å². The second kappa shape index (κ2) is 6.43. The van der Waals surface area contributed by atoms with Crippen molar-refractivity contribution in [2.45, 2.75) is 19.6 Å². The summed E-state index contributed by atoms with van der Waals surface area (Å²) in [6.07, 6.45) is 0.714. The molecule has 0 atom stereocenters. The molecule has 3 heteroatoms. The Morgan fingerprint density at radius 3 is 2.13 bits per heavy atom. The van der Waals surface area contributed by atoms with Gasteiger partial charge in [-0.05, 0) is 18.6 Å². The van der Waals surface area contributed by atoms with Gasteiger partial charge in [-0.2, -0.15) is 0 Å². The molecule has 0 unspecified atom stereocenters. The Labute approximate surface area is 91.0 Å². The van der Waals surface area contributed by atoms with E-state index in [0.29, 0.717) is 0 Å². The van der Waals surface area contributed by atoms with Gasteiger partial charge in [0.2, 0.25) is 0 Å². The van der Waals surface area contributed by atoms with Gasteiger partial charge in [0.15, 0.2) is 6.29 Å². The van der Waals surface area contributed by atoms with Gasteiger partial charge in [-0.3, -0.25) is 0 Å². The zero-order valence-electron chi connectivity index (χ0n) is 9.53. The van der Waals surface area contributed by atoms with Crippen molar-refractivity contribution in [2.24, 2.45) is 0 Å². The van der Waals surface area contributed by atoms with E-state index < -0.39 is 0 Å². The first-order valence-electron chi connectivity index (χ1n) is 5.10. The van der Waals surface area contributed by atoms with Gasteiger partial charge in [0, 0.05) is 19.8 Å². The molecule has 0 saturated carbocycles. The highest BCUT2D eigenvalue weighted by Crippen LogP contribution is 2.20. The summed E-state index contributed by atoms with van der Waals surface area (Å²) in [5, 5.41) is 0. The van der Waals surface area contributed by atoms with Crippen LogP contribution in [0.2, 0.25) is 0 Å². The normalized spacial score (nSPS) is 10.7. The first kappa shape index (κ1) is 12.0. The molecule has 0 N–H and O–H groups in total. The van der Waals surface area contributed by atoms with E-state index >= 15 is 0 Å². The van der Waals surface area contributed by atoms with Crippen molar-refractivity contribution in [2.75, 3.05) is 20.8 Å². The molecule has 0 bridgehead atoms. The largest absolute Gasteiger partial charge is 0.494 e. The highest BCUT2D eigenvalue weighted by molar-refractivity contribution is 5.27. The fourth-order valence-corrected chi connectivity index (χ4v) is 1.31. The van der Waals surface area contributed by atoms with Crippen LogP contribution in [0.5, 0.6) is 5.75 Å². The lowest BCUT2D eigenvalue weighted by molar-refractivity contribution is -0.106. The Morgan fingerprint density at radius 1 is 1.07 bits per heavy atom. The number of hydrogen-bond acceptors (Lipinski definition) is 3. The molecule has 0 spiro atoms. The van der Waals surface area contributed by atoms with Crippen molar-refractivity contribution in [1.82, 2.24) is 0 Å². The molecule has 3 nitrogen and oxygen atoms in total. The predicted octanol–water partition coefficient (Wildman–Crippen LogP) is 2.77. The van der Waals surface area contributed by atoms with Gasteiger partial charge in [0.25, 0.3) is 0 Å². The molecule has 0 aliphatic heterocycles. The molecule has 0 saturated heterocycles. The van der Waals surface area contributed by atoms with E-state index in [1.165, 1.54) is 0 Å². The highest BCUT2D eigenvalue weighted by atomic mass is 16.7. The second-order valence-electron chi connectivity index (χ2n) is 3.22. The predicted molar refractivity (Wildman–Crippen MR) is 59.0 cm³/mol. The summed E-state index contributed by atoms with van der Waals surface area (Å²) >= 11 is 0. The zero-order valence-corrected chi connectivity index (χ0v) is 9.53. The Morgan fingerprint density at radius 2 is 1.67 bits per heavy atom. The summed E-state index contributed by atoms with van der Waals surface area (Å²) in [6.45, 7) is 2.83. The fourth-order valence-electron chi connectivity index (χ4n) is 1.31. The van der Waals surface area contributed by atoms with E-state index in [1.54, 1.807) is 14.2 Å². The van der Waals surface area contributed by atoms with Gasteiger partial charge in [0.1, 0.15) is 5.75 Å². The van der Waals surface area contributed by atoms with E-state index in [1.807, 2.05) is 24.3 Å². The first-order valence-corrected chi connectivity index (χ1v) is 5.10. The number of methoxy groups -OCH3 is 2. The number of benzene rings is 1. The number of ether oxygens (including phenoxy) is 3. The van der Waals surface area contributed by atoms with Gasteiger partial charge < -0.3 is 14.2 Å². The average Bonchev–Trinajstić information content (AvgIpc) is 2.29. The average molecular weight is 210 g/mol. The van der Waals surface area contributed by atoms with Crippen molar-refractivity contribution in [3.63, 3.8) is 0 Å². The van der Waals surface area contributed by atoms with Crippen molar-refractivity contribution in [3.8, 4) is 5.75 Å².